The molecule has 4 nitrogen and oxygen atoms in total. The maximum absolute atomic E-state index is 12.1. The summed E-state index contributed by atoms with van der Waals surface area (Å²) in [5.74, 6) is -0.382. The molecular weight excluding hydrogens is 343 g/mol. The molecule has 0 bridgehead atoms. The second-order valence-corrected chi connectivity index (χ2v) is 6.52. The number of nitrogens with zero attached hydrogens (tertiary/aromatic N) is 1. The van der Waals surface area contributed by atoms with Gasteiger partial charge < -0.3 is 5.32 Å². The Kier molecular flexibility index (Phi) is 5.19. The van der Waals surface area contributed by atoms with Crippen LogP contribution >= 0.6 is 23.2 Å². The molecule has 0 aliphatic heterocycles. The molecule has 0 fully saturated rings. The zero-order valence-corrected chi connectivity index (χ0v) is 13.7. The number of nitrogens with one attached hydrogen (secondary N) is 1. The van der Waals surface area contributed by atoms with Crippen LogP contribution in [0.2, 0.25) is 10.0 Å². The van der Waals surface area contributed by atoms with Gasteiger partial charge in [-0.15, -0.1) is 0 Å². The van der Waals surface area contributed by atoms with Gasteiger partial charge in [-0.05, 0) is 36.4 Å². The first-order chi connectivity index (χ1) is 10.4. The fraction of sp³-hybridized carbons (Fsp3) is 0.0667. The molecule has 22 heavy (non-hydrogen) atoms. The lowest BCUT2D eigenvalue weighted by Crippen LogP contribution is -2.12. The molecule has 0 heterocycles. The first kappa shape index (κ1) is 16.5. The molecule has 0 radical (unpaired) electrons. The summed E-state index contributed by atoms with van der Waals surface area (Å²) < 4.78 is 11.5. The Hall–Kier alpha value is -1.87. The molecule has 1 atom stereocenters. The van der Waals surface area contributed by atoms with Gasteiger partial charge in [-0.3, -0.25) is 9.00 Å². The standard InChI is InChI=1S/C15H10Cl2N2O2S/c1-22(21)14-5-3-11(6-10(14)8-18)19-15(20)9-2-4-12(16)13(17)7-9/h2-7H,1H3,(H,19,20)/t22-/m1/s1. The summed E-state index contributed by atoms with van der Waals surface area (Å²) in [6.45, 7) is 0. The number of hydrogen-bond donors (Lipinski definition) is 1. The number of anilines is 1. The van der Waals surface area contributed by atoms with Crippen molar-refractivity contribution in [1.82, 2.24) is 0 Å². The predicted octanol–water partition coefficient (Wildman–Crippen LogP) is 3.85. The molecular formula is C15H10Cl2N2O2S. The largest absolute Gasteiger partial charge is 0.322 e. The first-order valence-corrected chi connectivity index (χ1v) is 8.37. The minimum atomic E-state index is -1.27. The molecule has 2 rings (SSSR count). The van der Waals surface area contributed by atoms with E-state index in [-0.39, 0.29) is 16.5 Å². The van der Waals surface area contributed by atoms with Crippen molar-refractivity contribution in [3.8, 4) is 6.07 Å². The summed E-state index contributed by atoms with van der Waals surface area (Å²) in [4.78, 5) is 12.6. The van der Waals surface area contributed by atoms with Crippen LogP contribution in [0.1, 0.15) is 15.9 Å². The van der Waals surface area contributed by atoms with E-state index in [1.807, 2.05) is 6.07 Å². The van der Waals surface area contributed by atoms with Crippen molar-refractivity contribution < 1.29 is 9.00 Å². The highest BCUT2D eigenvalue weighted by Crippen LogP contribution is 2.23. The molecule has 2 aromatic rings. The topological polar surface area (TPSA) is 70.0 Å². The highest BCUT2D eigenvalue weighted by atomic mass is 35.5. The molecule has 2 aromatic carbocycles. The Morgan fingerprint density at radius 1 is 1.18 bits per heavy atom. The molecule has 0 unspecified atom stereocenters. The fourth-order valence-electron chi connectivity index (χ4n) is 1.79. The van der Waals surface area contributed by atoms with Gasteiger partial charge in [-0.2, -0.15) is 5.26 Å². The number of benzene rings is 2. The third-order valence-electron chi connectivity index (χ3n) is 2.85. The van der Waals surface area contributed by atoms with E-state index in [2.05, 4.69) is 5.32 Å². The Morgan fingerprint density at radius 2 is 1.91 bits per heavy atom. The van der Waals surface area contributed by atoms with Gasteiger partial charge in [0.25, 0.3) is 5.91 Å². The van der Waals surface area contributed by atoms with Gasteiger partial charge in [0.2, 0.25) is 0 Å². The highest BCUT2D eigenvalue weighted by molar-refractivity contribution is 7.84. The van der Waals surface area contributed by atoms with E-state index in [4.69, 9.17) is 28.5 Å². The molecule has 1 amide bonds. The quantitative estimate of drug-likeness (QED) is 0.911. The van der Waals surface area contributed by atoms with E-state index in [0.717, 1.165) is 0 Å². The molecule has 112 valence electrons. The van der Waals surface area contributed by atoms with Gasteiger partial charge in [0.15, 0.2) is 0 Å². The van der Waals surface area contributed by atoms with Crippen molar-refractivity contribution in [3.05, 3.63) is 57.6 Å². The minimum Gasteiger partial charge on any atom is -0.322 e. The molecule has 7 heteroatoms. The van der Waals surface area contributed by atoms with Crippen LogP contribution < -0.4 is 5.32 Å². The van der Waals surface area contributed by atoms with Crippen LogP contribution in [0.15, 0.2) is 41.3 Å². The lowest BCUT2D eigenvalue weighted by atomic mass is 10.2. The molecule has 0 aliphatic rings. The number of hydrogen-bond acceptors (Lipinski definition) is 3. The average Bonchev–Trinajstić information content (AvgIpc) is 2.49. The van der Waals surface area contributed by atoms with Crippen molar-refractivity contribution in [2.24, 2.45) is 0 Å². The summed E-state index contributed by atoms with van der Waals surface area (Å²) in [5.41, 5.74) is 1.03. The zero-order chi connectivity index (χ0) is 16.3. The van der Waals surface area contributed by atoms with Crippen LogP contribution in [0.5, 0.6) is 0 Å². The van der Waals surface area contributed by atoms with E-state index in [9.17, 15) is 9.00 Å². The van der Waals surface area contributed by atoms with Crippen LogP contribution in [0, 0.1) is 11.3 Å². The zero-order valence-electron chi connectivity index (χ0n) is 11.4. The summed E-state index contributed by atoms with van der Waals surface area (Å²) >= 11 is 11.7. The highest BCUT2D eigenvalue weighted by Gasteiger charge is 2.11. The maximum Gasteiger partial charge on any atom is 0.255 e. The lowest BCUT2D eigenvalue weighted by Gasteiger charge is -2.08. The van der Waals surface area contributed by atoms with Crippen LogP contribution in [-0.4, -0.2) is 16.4 Å². The maximum atomic E-state index is 12.1. The molecule has 0 spiro atoms. The molecule has 0 saturated carbocycles. The third kappa shape index (κ3) is 3.66. The Bertz CT molecular complexity index is 816. The predicted molar refractivity (Wildman–Crippen MR) is 87.9 cm³/mol. The van der Waals surface area contributed by atoms with Gasteiger partial charge in [-0.1, -0.05) is 23.2 Å². The summed E-state index contributed by atoms with van der Waals surface area (Å²) in [6.07, 6.45) is 1.49. The van der Waals surface area contributed by atoms with E-state index in [1.54, 1.807) is 18.2 Å². The van der Waals surface area contributed by atoms with Crippen LogP contribution in [0.4, 0.5) is 5.69 Å². The van der Waals surface area contributed by atoms with Crippen molar-refractivity contribution in [2.45, 2.75) is 4.90 Å². The Labute approximate surface area is 140 Å². The monoisotopic (exact) mass is 352 g/mol. The smallest absolute Gasteiger partial charge is 0.255 e. The first-order valence-electron chi connectivity index (χ1n) is 6.06. The van der Waals surface area contributed by atoms with Crippen LogP contribution in [0.3, 0.4) is 0 Å². The van der Waals surface area contributed by atoms with Gasteiger partial charge in [0.05, 0.1) is 31.3 Å². The lowest BCUT2D eigenvalue weighted by molar-refractivity contribution is 0.102. The van der Waals surface area contributed by atoms with Gasteiger partial charge in [0.1, 0.15) is 6.07 Å². The summed E-state index contributed by atoms with van der Waals surface area (Å²) in [7, 11) is -1.27. The number of halogens is 2. The Morgan fingerprint density at radius 3 is 2.50 bits per heavy atom. The fourth-order valence-corrected chi connectivity index (χ4v) is 2.76. The normalized spacial score (nSPS) is 11.5. The van der Waals surface area contributed by atoms with E-state index in [0.29, 0.717) is 21.2 Å². The second-order valence-electron chi connectivity index (χ2n) is 4.36. The second kappa shape index (κ2) is 6.93. The van der Waals surface area contributed by atoms with Gasteiger partial charge in [0, 0.05) is 17.5 Å². The van der Waals surface area contributed by atoms with Crippen molar-refractivity contribution in [2.75, 3.05) is 11.6 Å². The summed E-state index contributed by atoms with van der Waals surface area (Å²) in [6, 6.07) is 11.1. The molecule has 0 saturated heterocycles. The van der Waals surface area contributed by atoms with Crippen LogP contribution in [0.25, 0.3) is 0 Å². The number of nitriles is 1. The molecule has 0 aromatic heterocycles. The summed E-state index contributed by atoms with van der Waals surface area (Å²) in [5, 5.41) is 12.4. The molecule has 0 aliphatic carbocycles. The number of carbonyl (C=O) groups is 1. The molecule has 1 N–H and O–H groups in total. The Balaban J connectivity index is 2.27. The van der Waals surface area contributed by atoms with Crippen molar-refractivity contribution in [1.29, 1.82) is 5.26 Å². The number of amides is 1. The van der Waals surface area contributed by atoms with Crippen LogP contribution in [-0.2, 0) is 10.8 Å². The van der Waals surface area contributed by atoms with Crippen molar-refractivity contribution in [3.63, 3.8) is 0 Å². The average molecular weight is 353 g/mol. The van der Waals surface area contributed by atoms with Gasteiger partial charge >= 0.3 is 0 Å². The van der Waals surface area contributed by atoms with E-state index >= 15 is 0 Å². The minimum absolute atomic E-state index is 0.257. The third-order valence-corrected chi connectivity index (χ3v) is 4.56. The van der Waals surface area contributed by atoms with E-state index in [1.165, 1.54) is 24.5 Å². The van der Waals surface area contributed by atoms with E-state index < -0.39 is 10.8 Å². The van der Waals surface area contributed by atoms with Crippen molar-refractivity contribution >= 4 is 45.6 Å². The number of rotatable bonds is 3. The van der Waals surface area contributed by atoms with Gasteiger partial charge in [-0.25, -0.2) is 0 Å². The SMILES string of the molecule is C[S@@](=O)c1ccc(NC(=O)c2ccc(Cl)c(Cl)c2)cc1C#N. The number of carbonyl (C=O) groups excluding carboxylic acids is 1.